The lowest BCUT2D eigenvalue weighted by Crippen LogP contribution is -2.16. The number of alkyl halides is 3. The van der Waals surface area contributed by atoms with Gasteiger partial charge in [0, 0.05) is 68.0 Å². The van der Waals surface area contributed by atoms with Gasteiger partial charge in [0.1, 0.15) is 22.9 Å². The lowest BCUT2D eigenvalue weighted by atomic mass is 10.1. The highest BCUT2D eigenvalue weighted by molar-refractivity contribution is 6.33. The Kier molecular flexibility index (Phi) is 18.5. The second kappa shape index (κ2) is 22.3. The second-order valence-electron chi connectivity index (χ2n) is 13.0. The third kappa shape index (κ3) is 14.1. The Morgan fingerprint density at radius 2 is 1.33 bits per heavy atom. The number of carbonyl (C=O) groups is 1. The summed E-state index contributed by atoms with van der Waals surface area (Å²) < 4.78 is 38.5. The number of H-pyrrole nitrogens is 1. The van der Waals surface area contributed by atoms with Crippen LogP contribution in [0.4, 0.5) is 53.0 Å². The van der Waals surface area contributed by atoms with Crippen LogP contribution in [0.15, 0.2) is 84.9 Å². The molecular formula is C39H43Cl3F3N11O5. The average molecular weight is 909 g/mol. The van der Waals surface area contributed by atoms with Crippen LogP contribution in [0.25, 0.3) is 22.4 Å². The van der Waals surface area contributed by atoms with Crippen molar-refractivity contribution in [3.63, 3.8) is 0 Å². The number of aryl methyl sites for hydroxylation is 1. The Morgan fingerprint density at radius 3 is 1.84 bits per heavy atom. The van der Waals surface area contributed by atoms with E-state index in [1.807, 2.05) is 70.3 Å². The minimum Gasteiger partial charge on any atom is -0.393 e. The predicted octanol–water partition coefficient (Wildman–Crippen LogP) is 9.25. The van der Waals surface area contributed by atoms with Crippen molar-refractivity contribution in [1.29, 1.82) is 0 Å². The molecule has 326 valence electrons. The summed E-state index contributed by atoms with van der Waals surface area (Å²) in [7, 11) is 11.3. The maximum atomic E-state index is 12.8. The quantitative estimate of drug-likeness (QED) is 0.0574. The van der Waals surface area contributed by atoms with Crippen LogP contribution in [0.5, 0.6) is 0 Å². The number of hydrogen-bond acceptors (Lipinski definition) is 12. The number of aromatic amines is 1. The summed E-state index contributed by atoms with van der Waals surface area (Å²) in [4.78, 5) is 47.4. The smallest absolute Gasteiger partial charge is 0.393 e. The van der Waals surface area contributed by atoms with Gasteiger partial charge in [0.15, 0.2) is 0 Å². The number of nitrogens with one attached hydrogen (secondary N) is 3. The van der Waals surface area contributed by atoms with Crippen LogP contribution in [0.1, 0.15) is 21.7 Å². The zero-order valence-corrected chi connectivity index (χ0v) is 36.1. The molecule has 6 aromatic rings. The number of nitro groups is 2. The van der Waals surface area contributed by atoms with Crippen molar-refractivity contribution >= 4 is 92.4 Å². The van der Waals surface area contributed by atoms with Gasteiger partial charge < -0.3 is 36.9 Å². The standard InChI is InChI=1S/C23H19ClF3N5O.C8H11N3O2.C6H5ClN2O2.C2H7N.ClH/c1-12-15(6-9-20(28-12)23(25,26)27)22(33)29-13-4-7-17(24)16(10-13)21-30-18-8-5-14(32(2)3)11-19(18)31-21;1-10(2)6-3-4-8(11(12)13)7(9)5-6;7-4-1-2-6(9(10)11)5(8)3-4;1-3-2;/h4-11H,1-3H3,(H,29,33)(H,30,31);3-5H,9H2,1-2H3;1-3H,8H2;3H,1-2H3;1H. The van der Waals surface area contributed by atoms with Crippen LogP contribution >= 0.6 is 35.6 Å². The van der Waals surface area contributed by atoms with Gasteiger partial charge in [0.2, 0.25) is 0 Å². The molecule has 0 saturated carbocycles. The molecule has 6 rings (SSSR count). The highest BCUT2D eigenvalue weighted by Gasteiger charge is 2.33. The fourth-order valence-corrected chi connectivity index (χ4v) is 5.41. The third-order valence-electron chi connectivity index (χ3n) is 7.99. The van der Waals surface area contributed by atoms with E-state index in [0.29, 0.717) is 27.1 Å². The van der Waals surface area contributed by atoms with Gasteiger partial charge in [-0.3, -0.25) is 25.0 Å². The Balaban J connectivity index is 0.000000374. The number of fused-ring (bicyclic) bond motifs is 1. The minimum absolute atomic E-state index is 0. The van der Waals surface area contributed by atoms with E-state index in [1.54, 1.807) is 30.3 Å². The number of nitro benzene ring substituents is 2. The topological polar surface area (TPSA) is 228 Å². The van der Waals surface area contributed by atoms with Gasteiger partial charge in [-0.15, -0.1) is 12.4 Å². The zero-order chi connectivity index (χ0) is 45.1. The average Bonchev–Trinajstić information content (AvgIpc) is 3.59. The molecular weight excluding hydrogens is 866 g/mol. The molecule has 0 aliphatic rings. The SMILES string of the molecule is CN(C)c1ccc([N+](=O)[O-])c(N)c1.CNC.Cc1nc(C(F)(F)F)ccc1C(=O)Nc1ccc(Cl)c(-c2nc3ccc(N(C)C)cc3[nH]2)c1.Cl.Nc1cc(Cl)ccc1[N+](=O)[O-]. The van der Waals surface area contributed by atoms with Gasteiger partial charge in [-0.25, -0.2) is 9.97 Å². The molecule has 61 heavy (non-hydrogen) atoms. The fourth-order valence-electron chi connectivity index (χ4n) is 5.02. The molecule has 0 fully saturated rings. The first-order valence-electron chi connectivity index (χ1n) is 17.4. The van der Waals surface area contributed by atoms with E-state index >= 15 is 0 Å². The van der Waals surface area contributed by atoms with E-state index in [-0.39, 0.29) is 46.4 Å². The lowest BCUT2D eigenvalue weighted by molar-refractivity contribution is -0.384. The first kappa shape index (κ1) is 50.7. The number of amides is 1. The highest BCUT2D eigenvalue weighted by Crippen LogP contribution is 2.32. The molecule has 16 nitrogen and oxygen atoms in total. The number of rotatable bonds is 7. The normalized spacial score (nSPS) is 10.4. The van der Waals surface area contributed by atoms with Crippen molar-refractivity contribution < 1.29 is 27.8 Å². The molecule has 0 aliphatic heterocycles. The van der Waals surface area contributed by atoms with E-state index in [1.165, 1.54) is 31.2 Å². The maximum Gasteiger partial charge on any atom is 0.433 e. The van der Waals surface area contributed by atoms with Crippen LogP contribution in [0, 0.1) is 27.2 Å². The van der Waals surface area contributed by atoms with Crippen molar-refractivity contribution in [2.45, 2.75) is 13.1 Å². The molecule has 7 N–H and O–H groups in total. The first-order valence-corrected chi connectivity index (χ1v) is 18.2. The number of halogens is 6. The van der Waals surface area contributed by atoms with E-state index in [4.69, 9.17) is 34.7 Å². The Hall–Kier alpha value is -6.41. The first-order chi connectivity index (χ1) is 28.1. The fraction of sp³-hybridized carbons (Fsp3) is 0.205. The maximum absolute atomic E-state index is 12.8. The number of aromatic nitrogens is 3. The Morgan fingerprint density at radius 1 is 0.787 bits per heavy atom. The van der Waals surface area contributed by atoms with Crippen molar-refractivity contribution in [3.8, 4) is 11.4 Å². The van der Waals surface area contributed by atoms with Crippen molar-refractivity contribution in [2.75, 3.05) is 68.9 Å². The number of imidazole rings is 1. The molecule has 0 aliphatic carbocycles. The van der Waals surface area contributed by atoms with Crippen LogP contribution in [0.2, 0.25) is 10.0 Å². The number of carbonyl (C=O) groups excluding carboxylic acids is 1. The summed E-state index contributed by atoms with van der Waals surface area (Å²) >= 11 is 11.9. The largest absolute Gasteiger partial charge is 0.433 e. The van der Waals surface area contributed by atoms with Gasteiger partial charge >= 0.3 is 6.18 Å². The summed E-state index contributed by atoms with van der Waals surface area (Å²) in [5.41, 5.74) is 14.3. The van der Waals surface area contributed by atoms with Crippen LogP contribution in [-0.4, -0.2) is 73.0 Å². The predicted molar refractivity (Wildman–Crippen MR) is 239 cm³/mol. The van der Waals surface area contributed by atoms with Crippen LogP contribution in [-0.2, 0) is 6.18 Å². The number of nitrogens with zero attached hydrogens (tertiary/aromatic N) is 6. The molecule has 0 spiro atoms. The molecule has 0 atom stereocenters. The summed E-state index contributed by atoms with van der Waals surface area (Å²) in [5.74, 6) is -0.0587. The highest BCUT2D eigenvalue weighted by atomic mass is 35.5. The zero-order valence-electron chi connectivity index (χ0n) is 33.8. The summed E-state index contributed by atoms with van der Waals surface area (Å²) in [6.45, 7) is 1.35. The number of nitrogen functional groups attached to an aromatic ring is 2. The minimum atomic E-state index is -4.58. The van der Waals surface area contributed by atoms with Crippen LogP contribution in [0.3, 0.4) is 0 Å². The van der Waals surface area contributed by atoms with Crippen molar-refractivity contribution in [3.05, 3.63) is 132 Å². The Labute approximate surface area is 364 Å². The summed E-state index contributed by atoms with van der Waals surface area (Å²) in [6, 6.07) is 21.3. The molecule has 2 aromatic heterocycles. The van der Waals surface area contributed by atoms with Gasteiger partial charge in [0.05, 0.1) is 37.2 Å². The van der Waals surface area contributed by atoms with Gasteiger partial charge in [-0.05, 0) is 93.8 Å². The molecule has 0 radical (unpaired) electrons. The molecule has 0 unspecified atom stereocenters. The molecule has 0 bridgehead atoms. The van der Waals surface area contributed by atoms with E-state index in [2.05, 4.69) is 25.6 Å². The monoisotopic (exact) mass is 907 g/mol. The number of anilines is 5. The van der Waals surface area contributed by atoms with Crippen LogP contribution < -0.4 is 31.9 Å². The lowest BCUT2D eigenvalue weighted by Gasteiger charge is -2.12. The van der Waals surface area contributed by atoms with E-state index < -0.39 is 27.6 Å². The second-order valence-corrected chi connectivity index (χ2v) is 13.9. The molecule has 4 aromatic carbocycles. The summed E-state index contributed by atoms with van der Waals surface area (Å²) in [5, 5.41) is 26.9. The Bertz CT molecular complexity index is 2490. The van der Waals surface area contributed by atoms with E-state index in [9.17, 15) is 38.2 Å². The van der Waals surface area contributed by atoms with Crippen molar-refractivity contribution in [1.82, 2.24) is 20.3 Å². The molecule has 1 amide bonds. The molecule has 2 heterocycles. The van der Waals surface area contributed by atoms with Gasteiger partial charge in [-0.1, -0.05) is 23.2 Å². The molecule has 0 saturated heterocycles. The van der Waals surface area contributed by atoms with Gasteiger partial charge in [-0.2, -0.15) is 13.2 Å². The number of benzene rings is 4. The number of nitrogens with two attached hydrogens (primary N) is 2. The molecule has 22 heteroatoms. The number of pyridine rings is 1. The third-order valence-corrected chi connectivity index (χ3v) is 8.56. The summed E-state index contributed by atoms with van der Waals surface area (Å²) in [6.07, 6.45) is -4.58. The van der Waals surface area contributed by atoms with Gasteiger partial charge in [0.25, 0.3) is 17.3 Å². The number of hydrogen-bond donors (Lipinski definition) is 5. The van der Waals surface area contributed by atoms with E-state index in [0.717, 1.165) is 34.5 Å². The van der Waals surface area contributed by atoms with Crippen molar-refractivity contribution in [2.24, 2.45) is 0 Å².